The third-order valence-electron chi connectivity index (χ3n) is 2.89. The molecular formula is C11H21NO. The molecule has 0 spiro atoms. The molecule has 0 bridgehead atoms. The minimum Gasteiger partial charge on any atom is -0.353 e. The lowest BCUT2D eigenvalue weighted by molar-refractivity contribution is -0.124. The van der Waals surface area contributed by atoms with E-state index in [4.69, 9.17) is 0 Å². The second kappa shape index (κ2) is 4.64. The molecule has 0 aromatic carbocycles. The van der Waals surface area contributed by atoms with Crippen LogP contribution in [0.15, 0.2) is 0 Å². The molecule has 1 saturated carbocycles. The molecule has 1 amide bonds. The Morgan fingerprint density at radius 2 is 1.77 bits per heavy atom. The molecular weight excluding hydrogens is 162 g/mol. The first kappa shape index (κ1) is 10.6. The van der Waals surface area contributed by atoms with Crippen molar-refractivity contribution in [2.75, 3.05) is 0 Å². The van der Waals surface area contributed by atoms with Crippen LogP contribution in [-0.2, 0) is 4.79 Å². The van der Waals surface area contributed by atoms with Gasteiger partial charge in [-0.15, -0.1) is 0 Å². The number of hydrogen-bond acceptors (Lipinski definition) is 1. The fourth-order valence-corrected chi connectivity index (χ4v) is 1.77. The average molecular weight is 183 g/mol. The predicted octanol–water partition coefficient (Wildman–Crippen LogP) is 2.34. The van der Waals surface area contributed by atoms with E-state index in [-0.39, 0.29) is 11.8 Å². The number of nitrogens with one attached hydrogen (secondary N) is 1. The Hall–Kier alpha value is -0.530. The average Bonchev–Trinajstić information content (AvgIpc) is 2.08. The topological polar surface area (TPSA) is 29.1 Å². The Labute approximate surface area is 81.1 Å². The molecule has 1 rings (SSSR count). The summed E-state index contributed by atoms with van der Waals surface area (Å²) in [6.45, 7) is 6.18. The van der Waals surface area contributed by atoms with E-state index in [1.54, 1.807) is 0 Å². The standard InChI is InChI=1S/C11H21NO/c1-8(2)11(13)12-10-6-4-9(3)5-7-10/h8-10H,4-7H2,1-3H3,(H,12,13)/t9-,10-. The minimum atomic E-state index is 0.124. The molecule has 0 aromatic heterocycles. The molecule has 1 aliphatic rings. The van der Waals surface area contributed by atoms with Crippen molar-refractivity contribution in [2.45, 2.75) is 52.5 Å². The van der Waals surface area contributed by atoms with Gasteiger partial charge in [-0.25, -0.2) is 0 Å². The van der Waals surface area contributed by atoms with Gasteiger partial charge in [0.25, 0.3) is 0 Å². The Bertz CT molecular complexity index is 169. The highest BCUT2D eigenvalue weighted by Crippen LogP contribution is 2.23. The first-order valence-corrected chi connectivity index (χ1v) is 5.40. The van der Waals surface area contributed by atoms with Gasteiger partial charge in [-0.2, -0.15) is 0 Å². The third-order valence-corrected chi connectivity index (χ3v) is 2.89. The highest BCUT2D eigenvalue weighted by Gasteiger charge is 2.20. The SMILES string of the molecule is CC(C)C(=O)N[C@H]1CC[C@H](C)CC1. The summed E-state index contributed by atoms with van der Waals surface area (Å²) in [6, 6.07) is 0.450. The summed E-state index contributed by atoms with van der Waals surface area (Å²) in [4.78, 5) is 11.4. The third kappa shape index (κ3) is 3.37. The maximum atomic E-state index is 11.4. The molecule has 13 heavy (non-hydrogen) atoms. The number of carbonyl (C=O) groups excluding carboxylic acids is 1. The van der Waals surface area contributed by atoms with Crippen LogP contribution in [0.5, 0.6) is 0 Å². The van der Waals surface area contributed by atoms with E-state index in [1.807, 2.05) is 13.8 Å². The van der Waals surface area contributed by atoms with E-state index in [0.29, 0.717) is 6.04 Å². The van der Waals surface area contributed by atoms with Crippen LogP contribution in [0.4, 0.5) is 0 Å². The summed E-state index contributed by atoms with van der Waals surface area (Å²) in [5, 5.41) is 3.10. The van der Waals surface area contributed by atoms with Gasteiger partial charge in [0.15, 0.2) is 0 Å². The molecule has 0 heterocycles. The maximum absolute atomic E-state index is 11.4. The van der Waals surface area contributed by atoms with Gasteiger partial charge in [0.2, 0.25) is 5.91 Å². The first-order valence-electron chi connectivity index (χ1n) is 5.40. The molecule has 2 heteroatoms. The Kier molecular flexibility index (Phi) is 3.76. The van der Waals surface area contributed by atoms with Gasteiger partial charge in [-0.05, 0) is 31.6 Å². The molecule has 1 aliphatic carbocycles. The molecule has 0 saturated heterocycles. The van der Waals surface area contributed by atoms with Crippen molar-refractivity contribution in [2.24, 2.45) is 11.8 Å². The van der Waals surface area contributed by atoms with Crippen LogP contribution < -0.4 is 5.32 Å². The van der Waals surface area contributed by atoms with Crippen LogP contribution in [0, 0.1) is 11.8 Å². The minimum absolute atomic E-state index is 0.124. The van der Waals surface area contributed by atoms with Gasteiger partial charge in [0.05, 0.1) is 0 Å². The summed E-state index contributed by atoms with van der Waals surface area (Å²) in [7, 11) is 0. The van der Waals surface area contributed by atoms with Crippen LogP contribution in [0.1, 0.15) is 46.5 Å². The lowest BCUT2D eigenvalue weighted by Gasteiger charge is -2.27. The maximum Gasteiger partial charge on any atom is 0.222 e. The molecule has 1 N–H and O–H groups in total. The Morgan fingerprint density at radius 3 is 2.23 bits per heavy atom. The summed E-state index contributed by atoms with van der Waals surface area (Å²) >= 11 is 0. The van der Waals surface area contributed by atoms with E-state index in [9.17, 15) is 4.79 Å². The van der Waals surface area contributed by atoms with Crippen molar-refractivity contribution < 1.29 is 4.79 Å². The van der Waals surface area contributed by atoms with Gasteiger partial charge in [-0.1, -0.05) is 20.8 Å². The molecule has 0 aromatic rings. The highest BCUT2D eigenvalue weighted by molar-refractivity contribution is 5.78. The van der Waals surface area contributed by atoms with E-state index >= 15 is 0 Å². The monoisotopic (exact) mass is 183 g/mol. The molecule has 0 atom stereocenters. The van der Waals surface area contributed by atoms with Gasteiger partial charge >= 0.3 is 0 Å². The van der Waals surface area contributed by atoms with Crippen LogP contribution in [-0.4, -0.2) is 11.9 Å². The predicted molar refractivity (Wildman–Crippen MR) is 54.4 cm³/mol. The van der Waals surface area contributed by atoms with E-state index < -0.39 is 0 Å². The van der Waals surface area contributed by atoms with Gasteiger partial charge in [-0.3, -0.25) is 4.79 Å². The van der Waals surface area contributed by atoms with E-state index in [1.165, 1.54) is 25.7 Å². The first-order chi connectivity index (χ1) is 6.09. The second-order valence-electron chi connectivity index (χ2n) is 4.62. The molecule has 0 aliphatic heterocycles. The summed E-state index contributed by atoms with van der Waals surface area (Å²) < 4.78 is 0. The number of carbonyl (C=O) groups is 1. The van der Waals surface area contributed by atoms with Crippen LogP contribution >= 0.6 is 0 Å². The molecule has 1 fully saturated rings. The molecule has 0 unspecified atom stereocenters. The van der Waals surface area contributed by atoms with Gasteiger partial charge in [0, 0.05) is 12.0 Å². The second-order valence-corrected chi connectivity index (χ2v) is 4.62. The number of amides is 1. The fourth-order valence-electron chi connectivity index (χ4n) is 1.77. The van der Waals surface area contributed by atoms with Crippen molar-refractivity contribution in [1.82, 2.24) is 5.32 Å². The zero-order chi connectivity index (χ0) is 9.84. The largest absolute Gasteiger partial charge is 0.353 e. The van der Waals surface area contributed by atoms with Crippen molar-refractivity contribution in [3.63, 3.8) is 0 Å². The lowest BCUT2D eigenvalue weighted by atomic mass is 9.87. The number of rotatable bonds is 2. The number of hydrogen-bond donors (Lipinski definition) is 1. The Balaban J connectivity index is 2.26. The van der Waals surface area contributed by atoms with Crippen LogP contribution in [0.25, 0.3) is 0 Å². The van der Waals surface area contributed by atoms with Crippen molar-refractivity contribution in [3.8, 4) is 0 Å². The Morgan fingerprint density at radius 1 is 1.23 bits per heavy atom. The van der Waals surface area contributed by atoms with E-state index in [2.05, 4.69) is 12.2 Å². The zero-order valence-corrected chi connectivity index (χ0v) is 8.97. The highest BCUT2D eigenvalue weighted by atomic mass is 16.1. The van der Waals surface area contributed by atoms with E-state index in [0.717, 1.165) is 5.92 Å². The van der Waals surface area contributed by atoms with Crippen LogP contribution in [0.3, 0.4) is 0 Å². The molecule has 76 valence electrons. The zero-order valence-electron chi connectivity index (χ0n) is 8.97. The van der Waals surface area contributed by atoms with Gasteiger partial charge < -0.3 is 5.32 Å². The summed E-state index contributed by atoms with van der Waals surface area (Å²) in [6.07, 6.45) is 4.87. The molecule has 2 nitrogen and oxygen atoms in total. The van der Waals surface area contributed by atoms with Crippen molar-refractivity contribution in [1.29, 1.82) is 0 Å². The van der Waals surface area contributed by atoms with Crippen molar-refractivity contribution >= 4 is 5.91 Å². The van der Waals surface area contributed by atoms with Crippen LogP contribution in [0.2, 0.25) is 0 Å². The smallest absolute Gasteiger partial charge is 0.222 e. The normalized spacial score (nSPS) is 28.9. The molecule has 0 radical (unpaired) electrons. The quantitative estimate of drug-likeness (QED) is 0.699. The van der Waals surface area contributed by atoms with Gasteiger partial charge in [0.1, 0.15) is 0 Å². The lowest BCUT2D eigenvalue weighted by Crippen LogP contribution is -2.39. The fraction of sp³-hybridized carbons (Fsp3) is 0.909. The summed E-state index contributed by atoms with van der Waals surface area (Å²) in [5.41, 5.74) is 0. The summed E-state index contributed by atoms with van der Waals surface area (Å²) in [5.74, 6) is 1.19. The van der Waals surface area contributed by atoms with Crippen molar-refractivity contribution in [3.05, 3.63) is 0 Å².